The van der Waals surface area contributed by atoms with E-state index in [4.69, 9.17) is 73.0 Å². The molecule has 0 aromatic heterocycles. The van der Waals surface area contributed by atoms with Gasteiger partial charge in [0.1, 0.15) is 153 Å². The zero-order valence-corrected chi connectivity index (χ0v) is 71.7. The van der Waals surface area contributed by atoms with Gasteiger partial charge in [-0.1, -0.05) is 180 Å². The second kappa shape index (κ2) is 55.2. The van der Waals surface area contributed by atoms with Crippen molar-refractivity contribution in [1.29, 1.82) is 0 Å². The quantitative estimate of drug-likeness (QED) is 0.0159. The highest BCUT2D eigenvalue weighted by Crippen LogP contribution is 2.42. The van der Waals surface area contributed by atoms with Crippen LogP contribution in [0.3, 0.4) is 0 Å². The molecule has 6 rings (SSSR count). The largest absolute Gasteiger partial charge is 0.477 e. The van der Waals surface area contributed by atoms with E-state index >= 15 is 0 Å². The Morgan fingerprint density at radius 1 is 0.468 bits per heavy atom. The van der Waals surface area contributed by atoms with Crippen molar-refractivity contribution in [3.8, 4) is 0 Å². The smallest absolute Gasteiger partial charge is 0.364 e. The second-order valence-electron chi connectivity index (χ2n) is 33.6. The molecule has 6 saturated heterocycles. The van der Waals surface area contributed by atoms with Crippen molar-refractivity contribution >= 4 is 29.7 Å². The highest BCUT2D eigenvalue weighted by atomic mass is 16.8. The highest BCUT2D eigenvalue weighted by molar-refractivity contribution is 5.77. The fraction of sp³-hybridized carbons (Fsp3) is 0.915. The molecule has 0 aromatic rings. The monoisotopic (exact) mass is 1790 g/mol. The van der Waals surface area contributed by atoms with Crippen LogP contribution in [-0.4, -0.2) is 385 Å². The number of esters is 1. The van der Waals surface area contributed by atoms with Crippen molar-refractivity contribution in [3.63, 3.8) is 0 Å². The maximum Gasteiger partial charge on any atom is 0.364 e. The third-order valence-corrected chi connectivity index (χ3v) is 23.7. The third kappa shape index (κ3) is 31.8. The first kappa shape index (κ1) is 109. The lowest BCUT2D eigenvalue weighted by Crippen LogP contribution is -2.72. The summed E-state index contributed by atoms with van der Waals surface area (Å²) in [4.78, 5) is 65.4. The summed E-state index contributed by atoms with van der Waals surface area (Å²) in [5.41, 5.74) is 12.4. The van der Waals surface area contributed by atoms with Crippen molar-refractivity contribution in [2.45, 2.75) is 428 Å². The van der Waals surface area contributed by atoms with E-state index < -0.39 is 284 Å². The minimum absolute atomic E-state index is 0.134. The number of amides is 2. The van der Waals surface area contributed by atoms with Crippen LogP contribution in [0.25, 0.3) is 0 Å². The standard InChI is InChI=1S/C82H146N4O38/c1-5-7-9-11-13-15-17-19-20-22-24-26-28-30-32-34-56(98)85-37-51(46(93)33-31-29-27-25-23-21-18-16-14-12-10-8-6-2)114-76-67(106)65(104)69(54(40-89)117-76)119-78-68(107)74(70(55(41-90)118-78)120-75-59(86-44(3)91)73(63(102)53(39-88)115-75)121-77-66(105)64(103)62(101)52(38-87)116-77)124-82(80(110)111)36-48(95)58(84)72(123-82)61(100)50(97)43-113-81(79(108)109)35-47(94)57(83)71(122-81)60(99)49(96)42-112-45(4)92/h31,33,46-55,57-78,87-90,93-97,99-107H,5-30,32,34-43,83-84H2,1-4H3,(H,85,98)(H,86,91)(H,108,109)(H,110,111)/b33-31+/t46?,47-,48+,49?,50?,51?,52+,53+,54-,55+,57+,58-,59+,60?,61?,62-,63-,64-,65-,66+,67-,68+,69-,70-,71+,72+,73+,74+,75-,76-,77-,78+,81-,82+/m1/s1. The van der Waals surface area contributed by atoms with Crippen LogP contribution in [0.4, 0.5) is 0 Å². The van der Waals surface area contributed by atoms with Gasteiger partial charge in [-0.2, -0.15) is 0 Å². The van der Waals surface area contributed by atoms with Gasteiger partial charge in [0.25, 0.3) is 11.6 Å². The highest BCUT2D eigenvalue weighted by Gasteiger charge is 2.63. The number of carbonyl (C=O) groups excluding carboxylic acids is 3. The van der Waals surface area contributed by atoms with E-state index in [1.807, 2.05) is 0 Å². The summed E-state index contributed by atoms with van der Waals surface area (Å²) in [5.74, 6) is -13.3. The van der Waals surface area contributed by atoms with Gasteiger partial charge >= 0.3 is 17.9 Å². The minimum atomic E-state index is -3.55. The molecule has 6 fully saturated rings. The Hall–Kier alpha value is -4.19. The van der Waals surface area contributed by atoms with E-state index in [0.29, 0.717) is 12.8 Å². The van der Waals surface area contributed by atoms with Crippen molar-refractivity contribution < 1.29 is 188 Å². The van der Waals surface area contributed by atoms with Gasteiger partial charge in [0.15, 0.2) is 25.2 Å². The molecule has 124 heavy (non-hydrogen) atoms. The van der Waals surface area contributed by atoms with Crippen LogP contribution in [0, 0.1) is 0 Å². The third-order valence-electron chi connectivity index (χ3n) is 23.7. The zero-order chi connectivity index (χ0) is 91.5. The Balaban J connectivity index is 1.29. The predicted octanol–water partition coefficient (Wildman–Crippen LogP) is -3.65. The number of nitrogens with one attached hydrogen (secondary N) is 2. The summed E-state index contributed by atoms with van der Waals surface area (Å²) >= 11 is 0. The Labute approximate surface area is 723 Å². The molecule has 42 nitrogen and oxygen atoms in total. The molecule has 26 N–H and O–H groups in total. The van der Waals surface area contributed by atoms with Crippen molar-refractivity contribution in [3.05, 3.63) is 12.2 Å². The summed E-state index contributed by atoms with van der Waals surface area (Å²) in [7, 11) is 0. The summed E-state index contributed by atoms with van der Waals surface area (Å²) in [5, 5.41) is 231. The first-order valence-electron chi connectivity index (χ1n) is 44.3. The van der Waals surface area contributed by atoms with Crippen molar-refractivity contribution in [1.82, 2.24) is 10.6 Å². The molecular weight excluding hydrogens is 1650 g/mol. The SMILES string of the molecule is CCCCCCCCCCCCC/C=C/C(O)C(CNC(=O)CCCCCCCCCCCCCCCCC)O[C@@H]1O[C@H](CO)[C@@H](O[C@@H]2O[C@@H](CO)[C@@H](O[C@H]3O[C@@H](CO)[C@@H](O)[C@@H](O[C@H]4O[C@@H](CO)[C@@H](O)[C@@H](O)[C@@H]4O)[C@@H]3NC(C)=O)[C@@H](O[C@]3(C(=O)O)C[C@H](O)[C@@H](N)[C@@H](C(O)C(O)CO[C@]4(C(=O)O)C[C@@H](O)[C@H](N)[C@@H](C(O)C(O)COC(C)=O)O4)O3)[C@@H]2O)[C@H](O)[C@H]1O. The number of nitrogens with two attached hydrogens (primary N) is 2. The first-order valence-corrected chi connectivity index (χ1v) is 44.3. The number of unbranched alkanes of at least 4 members (excludes halogenated alkanes) is 25. The summed E-state index contributed by atoms with van der Waals surface area (Å²) in [6.07, 6.45) is -31.4. The number of rotatable bonds is 58. The second-order valence-corrected chi connectivity index (χ2v) is 33.6. The number of ether oxygens (including phenoxy) is 13. The number of aliphatic hydroxyl groups excluding tert-OH is 18. The topological polar surface area (TPSA) is 686 Å². The van der Waals surface area contributed by atoms with E-state index in [1.165, 1.54) is 102 Å². The van der Waals surface area contributed by atoms with Crippen LogP contribution in [-0.2, 0) is 85.6 Å². The van der Waals surface area contributed by atoms with Gasteiger partial charge in [0.05, 0.1) is 57.3 Å². The molecule has 2 amide bonds. The number of aliphatic hydroxyl groups is 18. The molecule has 42 heteroatoms. The van der Waals surface area contributed by atoms with E-state index in [-0.39, 0.29) is 18.9 Å². The number of carbonyl (C=O) groups is 5. The fourth-order valence-electron chi connectivity index (χ4n) is 16.2. The number of hydrogen-bond donors (Lipinski definition) is 24. The van der Waals surface area contributed by atoms with Crippen LogP contribution in [0.2, 0.25) is 0 Å². The number of hydrogen-bond acceptors (Lipinski definition) is 38. The number of aliphatic carboxylic acids is 2. The Kier molecular flexibility index (Phi) is 48.3. The Morgan fingerprint density at radius 3 is 1.39 bits per heavy atom. The number of carboxylic acid groups (broad SMARTS) is 2. The molecule has 6 aliphatic heterocycles. The normalized spacial score (nSPS) is 35.7. The van der Waals surface area contributed by atoms with Crippen LogP contribution in [0.15, 0.2) is 12.2 Å². The van der Waals surface area contributed by atoms with Gasteiger partial charge < -0.3 is 186 Å². The van der Waals surface area contributed by atoms with Gasteiger partial charge in [-0.3, -0.25) is 14.4 Å². The molecule has 722 valence electrons. The molecule has 0 spiro atoms. The van der Waals surface area contributed by atoms with Gasteiger partial charge in [-0.05, 0) is 19.3 Å². The minimum Gasteiger partial charge on any atom is -0.477 e. The predicted molar refractivity (Wildman–Crippen MR) is 430 cm³/mol. The molecule has 0 aliphatic carbocycles. The van der Waals surface area contributed by atoms with E-state index in [2.05, 4.69) is 24.5 Å². The number of carboxylic acids is 2. The molecule has 6 heterocycles. The zero-order valence-electron chi connectivity index (χ0n) is 71.7. The van der Waals surface area contributed by atoms with E-state index in [0.717, 1.165) is 78.1 Å². The molecule has 0 bridgehead atoms. The van der Waals surface area contributed by atoms with Crippen molar-refractivity contribution in [2.24, 2.45) is 11.5 Å². The molecule has 0 aromatic carbocycles. The Bertz CT molecular complexity index is 3070. The van der Waals surface area contributed by atoms with Crippen molar-refractivity contribution in [2.75, 3.05) is 46.2 Å². The maximum atomic E-state index is 14.2. The summed E-state index contributed by atoms with van der Waals surface area (Å²) in [6.45, 7) is -0.960. The van der Waals surface area contributed by atoms with Crippen LogP contribution < -0.4 is 22.1 Å². The maximum absolute atomic E-state index is 14.2. The van der Waals surface area contributed by atoms with Crippen LogP contribution in [0.1, 0.15) is 220 Å². The van der Waals surface area contributed by atoms with Gasteiger partial charge in [-0.25, -0.2) is 9.59 Å². The lowest BCUT2D eigenvalue weighted by Gasteiger charge is -2.52. The average molecular weight is 1800 g/mol. The van der Waals surface area contributed by atoms with Crippen LogP contribution >= 0.6 is 0 Å². The molecule has 6 aliphatic rings. The van der Waals surface area contributed by atoms with Crippen LogP contribution in [0.5, 0.6) is 0 Å². The van der Waals surface area contributed by atoms with E-state index in [1.54, 1.807) is 6.08 Å². The Morgan fingerprint density at radius 2 is 0.887 bits per heavy atom. The first-order chi connectivity index (χ1) is 59.1. The van der Waals surface area contributed by atoms with Gasteiger partial charge in [0.2, 0.25) is 11.8 Å². The van der Waals surface area contributed by atoms with Gasteiger partial charge in [-0.15, -0.1) is 0 Å². The molecule has 0 saturated carbocycles. The summed E-state index contributed by atoms with van der Waals surface area (Å²) < 4.78 is 76.4. The summed E-state index contributed by atoms with van der Waals surface area (Å²) in [6, 6.07) is -5.65. The molecular formula is C82H146N4O38. The average Bonchev–Trinajstić information content (AvgIpc) is 0.746. The lowest BCUT2D eigenvalue weighted by molar-refractivity contribution is -0.404. The molecule has 6 unspecified atom stereocenters. The number of allylic oxidation sites excluding steroid dienone is 1. The van der Waals surface area contributed by atoms with Gasteiger partial charge in [0, 0.05) is 39.7 Å². The molecule has 34 atom stereocenters. The fourth-order valence-corrected chi connectivity index (χ4v) is 16.2. The van der Waals surface area contributed by atoms with E-state index in [9.17, 15) is 126 Å². The lowest BCUT2D eigenvalue weighted by atomic mass is 9.88. The molecule has 0 radical (unpaired) electrons.